The van der Waals surface area contributed by atoms with E-state index in [1.807, 2.05) is 23.8 Å². The number of nitrogens with two attached hydrogens (primary N) is 1. The normalized spacial score (nSPS) is 12.1. The number of hydrogen-bond acceptors (Lipinski definition) is 7. The van der Waals surface area contributed by atoms with Gasteiger partial charge in [0.2, 0.25) is 11.8 Å². The average Bonchev–Trinajstić information content (AvgIpc) is 2.81. The van der Waals surface area contributed by atoms with E-state index in [2.05, 4.69) is 15.3 Å². The second-order valence-corrected chi connectivity index (χ2v) is 4.88. The topological polar surface area (TPSA) is 107 Å². The van der Waals surface area contributed by atoms with Gasteiger partial charge in [-0.2, -0.15) is 16.3 Å². The van der Waals surface area contributed by atoms with Crippen molar-refractivity contribution in [2.45, 2.75) is 19.4 Å². The van der Waals surface area contributed by atoms with Gasteiger partial charge in [0, 0.05) is 6.04 Å². The molecule has 0 saturated carbocycles. The summed E-state index contributed by atoms with van der Waals surface area (Å²) in [7, 11) is 0. The minimum absolute atomic E-state index is 0.00241. The molecule has 0 saturated heterocycles. The van der Waals surface area contributed by atoms with Crippen LogP contribution in [0.25, 0.3) is 0 Å². The molecule has 2 heterocycles. The summed E-state index contributed by atoms with van der Waals surface area (Å²) in [5.74, 6) is 0.163. The Morgan fingerprint density at radius 2 is 2.42 bits per heavy atom. The molecule has 2 aromatic heterocycles. The molecule has 0 spiro atoms. The SMILES string of the molecule is CC(Cc1ccsc1)Nc1nc(N)ncc1[N+](=O)[O-]. The van der Waals surface area contributed by atoms with Crippen LogP contribution < -0.4 is 11.1 Å². The van der Waals surface area contributed by atoms with E-state index in [4.69, 9.17) is 5.73 Å². The van der Waals surface area contributed by atoms with Gasteiger partial charge in [-0.25, -0.2) is 4.98 Å². The van der Waals surface area contributed by atoms with Gasteiger partial charge in [0.25, 0.3) is 0 Å². The molecular formula is C11H13N5O2S. The third-order valence-corrected chi connectivity index (χ3v) is 3.22. The van der Waals surface area contributed by atoms with Crippen molar-refractivity contribution in [3.63, 3.8) is 0 Å². The van der Waals surface area contributed by atoms with Crippen molar-refractivity contribution in [1.82, 2.24) is 9.97 Å². The lowest BCUT2D eigenvalue weighted by Crippen LogP contribution is -2.20. The van der Waals surface area contributed by atoms with E-state index >= 15 is 0 Å². The monoisotopic (exact) mass is 279 g/mol. The fraction of sp³-hybridized carbons (Fsp3) is 0.273. The molecule has 0 aliphatic heterocycles. The molecule has 0 bridgehead atoms. The molecule has 8 heteroatoms. The third-order valence-electron chi connectivity index (χ3n) is 2.49. The summed E-state index contributed by atoms with van der Waals surface area (Å²) < 4.78 is 0. The van der Waals surface area contributed by atoms with Crippen molar-refractivity contribution in [3.05, 3.63) is 38.7 Å². The molecule has 2 aromatic rings. The van der Waals surface area contributed by atoms with E-state index in [1.165, 1.54) is 5.56 Å². The Morgan fingerprint density at radius 3 is 3.05 bits per heavy atom. The van der Waals surface area contributed by atoms with Gasteiger partial charge in [-0.15, -0.1) is 0 Å². The predicted molar refractivity (Wildman–Crippen MR) is 74.2 cm³/mol. The molecule has 0 aliphatic carbocycles. The van der Waals surface area contributed by atoms with Crippen LogP contribution in [0.2, 0.25) is 0 Å². The average molecular weight is 279 g/mol. The number of anilines is 2. The van der Waals surface area contributed by atoms with Crippen molar-refractivity contribution < 1.29 is 4.92 Å². The van der Waals surface area contributed by atoms with Crippen molar-refractivity contribution >= 4 is 28.8 Å². The smallest absolute Gasteiger partial charge is 0.329 e. The highest BCUT2D eigenvalue weighted by molar-refractivity contribution is 7.07. The molecule has 1 atom stereocenters. The minimum atomic E-state index is -0.529. The minimum Gasteiger partial charge on any atom is -0.368 e. The lowest BCUT2D eigenvalue weighted by atomic mass is 10.1. The highest BCUT2D eigenvalue weighted by Gasteiger charge is 2.18. The highest BCUT2D eigenvalue weighted by Crippen LogP contribution is 2.22. The van der Waals surface area contributed by atoms with Crippen LogP contribution in [0.1, 0.15) is 12.5 Å². The Kier molecular flexibility index (Phi) is 3.91. The van der Waals surface area contributed by atoms with Gasteiger partial charge in [0.15, 0.2) is 0 Å². The Bertz CT molecular complexity index is 572. The van der Waals surface area contributed by atoms with Crippen LogP contribution in [0.15, 0.2) is 23.0 Å². The second kappa shape index (κ2) is 5.61. The zero-order chi connectivity index (χ0) is 13.8. The Morgan fingerprint density at radius 1 is 1.63 bits per heavy atom. The van der Waals surface area contributed by atoms with Crippen molar-refractivity contribution in [1.29, 1.82) is 0 Å². The van der Waals surface area contributed by atoms with E-state index < -0.39 is 4.92 Å². The highest BCUT2D eigenvalue weighted by atomic mass is 32.1. The summed E-state index contributed by atoms with van der Waals surface area (Å²) in [6.45, 7) is 1.93. The Balaban J connectivity index is 2.13. The van der Waals surface area contributed by atoms with Crippen molar-refractivity contribution in [3.8, 4) is 0 Å². The first kappa shape index (κ1) is 13.2. The number of nitrogens with zero attached hydrogens (tertiary/aromatic N) is 3. The van der Waals surface area contributed by atoms with E-state index in [0.29, 0.717) is 0 Å². The molecular weight excluding hydrogens is 266 g/mol. The summed E-state index contributed by atoms with van der Waals surface area (Å²) in [5, 5.41) is 17.9. The molecule has 1 unspecified atom stereocenters. The molecule has 0 aliphatic rings. The third kappa shape index (κ3) is 3.38. The van der Waals surface area contributed by atoms with Crippen molar-refractivity contribution in [2.75, 3.05) is 11.1 Å². The van der Waals surface area contributed by atoms with E-state index in [0.717, 1.165) is 12.6 Å². The van der Waals surface area contributed by atoms with Gasteiger partial charge in [0.05, 0.1) is 4.92 Å². The molecule has 0 radical (unpaired) electrons. The standard InChI is InChI=1S/C11H13N5O2S/c1-7(4-8-2-3-19-6-8)14-10-9(16(17)18)5-13-11(12)15-10/h2-3,5-7H,4H2,1H3,(H3,12,13,14,15). The van der Waals surface area contributed by atoms with E-state index in [1.54, 1.807) is 11.3 Å². The number of hydrogen-bond donors (Lipinski definition) is 2. The number of aromatic nitrogens is 2. The number of thiophene rings is 1. The molecule has 0 fully saturated rings. The van der Waals surface area contributed by atoms with Crippen LogP contribution >= 0.6 is 11.3 Å². The summed E-state index contributed by atoms with van der Waals surface area (Å²) in [5.41, 5.74) is 6.46. The lowest BCUT2D eigenvalue weighted by molar-refractivity contribution is -0.384. The lowest BCUT2D eigenvalue weighted by Gasteiger charge is -2.13. The van der Waals surface area contributed by atoms with E-state index in [9.17, 15) is 10.1 Å². The molecule has 0 aromatic carbocycles. The number of nitro groups is 1. The number of nitrogen functional groups attached to an aromatic ring is 1. The largest absolute Gasteiger partial charge is 0.368 e. The fourth-order valence-electron chi connectivity index (χ4n) is 1.68. The van der Waals surface area contributed by atoms with Gasteiger partial charge >= 0.3 is 5.69 Å². The summed E-state index contributed by atoms with van der Waals surface area (Å²) in [6.07, 6.45) is 1.87. The molecule has 0 amide bonds. The van der Waals surface area contributed by atoms with E-state index in [-0.39, 0.29) is 23.5 Å². The van der Waals surface area contributed by atoms with Crippen LogP contribution in [0.5, 0.6) is 0 Å². The molecule has 3 N–H and O–H groups in total. The second-order valence-electron chi connectivity index (χ2n) is 4.10. The Hall–Kier alpha value is -2.22. The maximum Gasteiger partial charge on any atom is 0.329 e. The quantitative estimate of drug-likeness (QED) is 0.641. The zero-order valence-electron chi connectivity index (χ0n) is 10.2. The fourth-order valence-corrected chi connectivity index (χ4v) is 2.36. The van der Waals surface area contributed by atoms with Crippen LogP contribution in [-0.2, 0) is 6.42 Å². The maximum atomic E-state index is 10.9. The molecule has 19 heavy (non-hydrogen) atoms. The van der Waals surface area contributed by atoms with Gasteiger partial charge in [0.1, 0.15) is 6.20 Å². The predicted octanol–water partition coefficient (Wildman–Crippen LogP) is 2.07. The first-order valence-electron chi connectivity index (χ1n) is 5.61. The zero-order valence-corrected chi connectivity index (χ0v) is 11.1. The first-order chi connectivity index (χ1) is 9.06. The van der Waals surface area contributed by atoms with Gasteiger partial charge in [-0.1, -0.05) is 0 Å². The van der Waals surface area contributed by atoms with Gasteiger partial charge in [-0.05, 0) is 35.7 Å². The van der Waals surface area contributed by atoms with Crippen LogP contribution in [0.3, 0.4) is 0 Å². The van der Waals surface area contributed by atoms with Crippen LogP contribution in [0, 0.1) is 10.1 Å². The number of rotatable bonds is 5. The van der Waals surface area contributed by atoms with Gasteiger partial charge < -0.3 is 11.1 Å². The van der Waals surface area contributed by atoms with Gasteiger partial charge in [-0.3, -0.25) is 10.1 Å². The van der Waals surface area contributed by atoms with Crippen molar-refractivity contribution in [2.24, 2.45) is 0 Å². The summed E-state index contributed by atoms with van der Waals surface area (Å²) >= 11 is 1.62. The molecule has 100 valence electrons. The summed E-state index contributed by atoms with van der Waals surface area (Å²) in [4.78, 5) is 17.9. The van der Waals surface area contributed by atoms with Crippen LogP contribution in [-0.4, -0.2) is 20.9 Å². The number of nitrogens with one attached hydrogen (secondary N) is 1. The molecule has 7 nitrogen and oxygen atoms in total. The first-order valence-corrected chi connectivity index (χ1v) is 6.55. The summed E-state index contributed by atoms with van der Waals surface area (Å²) in [6, 6.07) is 2.02. The Labute approximate surface area is 113 Å². The van der Waals surface area contributed by atoms with Crippen LogP contribution in [0.4, 0.5) is 17.5 Å². The molecule has 2 rings (SSSR count). The maximum absolute atomic E-state index is 10.9.